The monoisotopic (exact) mass is 700 g/mol. The van der Waals surface area contributed by atoms with Gasteiger partial charge < -0.3 is 4.42 Å². The summed E-state index contributed by atoms with van der Waals surface area (Å²) < 4.78 is 6.85. The van der Waals surface area contributed by atoms with Crippen molar-refractivity contribution >= 4 is 21.9 Å². The highest BCUT2D eigenvalue weighted by atomic mass is 16.3. The number of fused-ring (bicyclic) bond motifs is 3. The summed E-state index contributed by atoms with van der Waals surface area (Å²) in [7, 11) is 0. The third-order valence-corrected chi connectivity index (χ3v) is 10.7. The molecule has 0 unspecified atom stereocenters. The van der Waals surface area contributed by atoms with Crippen LogP contribution in [0.1, 0.15) is 0 Å². The predicted octanol–water partition coefficient (Wildman–Crippen LogP) is 15.3. The first-order chi connectivity index (χ1) is 27.2. The predicted molar refractivity (Wildman–Crippen MR) is 232 cm³/mol. The van der Waals surface area contributed by atoms with E-state index in [4.69, 9.17) is 4.42 Å². The van der Waals surface area contributed by atoms with Crippen LogP contribution in [-0.4, -0.2) is 0 Å². The lowest BCUT2D eigenvalue weighted by atomic mass is 9.92. The Morgan fingerprint density at radius 3 is 0.909 bits per heavy atom. The van der Waals surface area contributed by atoms with Crippen LogP contribution in [0.25, 0.3) is 99.8 Å². The van der Waals surface area contributed by atoms with Gasteiger partial charge in [-0.15, -0.1) is 0 Å². The Balaban J connectivity index is 0.993. The van der Waals surface area contributed by atoms with Gasteiger partial charge in [-0.3, -0.25) is 0 Å². The third kappa shape index (κ3) is 6.22. The van der Waals surface area contributed by atoms with Crippen LogP contribution in [0.15, 0.2) is 223 Å². The number of hydrogen-bond donors (Lipinski definition) is 0. The molecule has 55 heavy (non-hydrogen) atoms. The summed E-state index contributed by atoms with van der Waals surface area (Å²) in [4.78, 5) is 0. The average Bonchev–Trinajstić information content (AvgIpc) is 3.67. The van der Waals surface area contributed by atoms with Gasteiger partial charge in [0.2, 0.25) is 0 Å². The van der Waals surface area contributed by atoms with E-state index in [-0.39, 0.29) is 0 Å². The Labute approximate surface area is 321 Å². The first-order valence-electron chi connectivity index (χ1n) is 18.8. The first-order valence-corrected chi connectivity index (χ1v) is 18.8. The van der Waals surface area contributed by atoms with E-state index in [1.807, 2.05) is 0 Å². The van der Waals surface area contributed by atoms with Crippen LogP contribution in [0.5, 0.6) is 0 Å². The minimum Gasteiger partial charge on any atom is -0.455 e. The topological polar surface area (TPSA) is 13.1 Å². The molecule has 0 aliphatic carbocycles. The molecule has 10 rings (SSSR count). The molecule has 0 N–H and O–H groups in total. The fraction of sp³-hybridized carbons (Fsp3) is 0. The Morgan fingerprint density at radius 1 is 0.200 bits per heavy atom. The molecule has 0 fully saturated rings. The fourth-order valence-corrected chi connectivity index (χ4v) is 7.86. The number of furan rings is 1. The molecule has 0 atom stereocenters. The second-order valence-corrected chi connectivity index (χ2v) is 14.1. The van der Waals surface area contributed by atoms with Crippen molar-refractivity contribution in [3.63, 3.8) is 0 Å². The maximum absolute atomic E-state index is 6.85. The lowest BCUT2D eigenvalue weighted by molar-refractivity contribution is 0.671. The Hall–Kier alpha value is -7.22. The second kappa shape index (κ2) is 14.0. The largest absolute Gasteiger partial charge is 0.455 e. The number of rotatable bonds is 7. The molecule has 258 valence electrons. The zero-order valence-electron chi connectivity index (χ0n) is 30.2. The number of hydrogen-bond acceptors (Lipinski definition) is 1. The highest BCUT2D eigenvalue weighted by Gasteiger charge is 2.16. The van der Waals surface area contributed by atoms with Gasteiger partial charge in [0.25, 0.3) is 0 Å². The third-order valence-electron chi connectivity index (χ3n) is 10.7. The Kier molecular flexibility index (Phi) is 8.24. The van der Waals surface area contributed by atoms with Crippen molar-refractivity contribution in [1.82, 2.24) is 0 Å². The van der Waals surface area contributed by atoms with Gasteiger partial charge in [-0.25, -0.2) is 0 Å². The summed E-state index contributed by atoms with van der Waals surface area (Å²) in [6, 6.07) is 78.2. The van der Waals surface area contributed by atoms with Crippen LogP contribution < -0.4 is 0 Å². The standard InChI is InChI=1S/C54H36O/c1-4-13-37(14-5-1)44-19-10-20-45(33-44)40-25-29-42(30-26-40)49-21-11-23-51-52-24-12-22-50(54(52)55-53(49)51)43-31-27-41(28-32-43)48-35-46(38-15-6-2-7-16-38)34-47(36-48)39-17-8-3-9-18-39/h1-36H. The van der Waals surface area contributed by atoms with E-state index in [9.17, 15) is 0 Å². The molecule has 0 saturated heterocycles. The molecule has 1 heteroatoms. The highest BCUT2D eigenvalue weighted by Crippen LogP contribution is 2.41. The molecule has 1 nitrogen and oxygen atoms in total. The van der Waals surface area contributed by atoms with Gasteiger partial charge in [0, 0.05) is 21.9 Å². The van der Waals surface area contributed by atoms with Crippen molar-refractivity contribution in [3.8, 4) is 77.9 Å². The SMILES string of the molecule is c1ccc(-c2cccc(-c3ccc(-c4cccc5c4oc4c(-c6ccc(-c7cc(-c8ccccc8)cc(-c8ccccc8)c7)cc6)cccc45)cc3)c2)cc1. The van der Waals surface area contributed by atoms with Gasteiger partial charge in [-0.1, -0.05) is 194 Å². The summed E-state index contributed by atoms with van der Waals surface area (Å²) in [5.41, 5.74) is 18.3. The fourth-order valence-electron chi connectivity index (χ4n) is 7.86. The van der Waals surface area contributed by atoms with Gasteiger partial charge in [0.05, 0.1) is 0 Å². The van der Waals surface area contributed by atoms with E-state index in [2.05, 4.69) is 218 Å². The molecule has 0 amide bonds. The molecule has 1 aromatic heterocycles. The van der Waals surface area contributed by atoms with E-state index < -0.39 is 0 Å². The zero-order valence-corrected chi connectivity index (χ0v) is 30.2. The molecular weight excluding hydrogens is 665 g/mol. The molecule has 10 aromatic rings. The van der Waals surface area contributed by atoms with E-state index >= 15 is 0 Å². The normalized spacial score (nSPS) is 11.3. The smallest absolute Gasteiger partial charge is 0.143 e. The zero-order chi connectivity index (χ0) is 36.6. The van der Waals surface area contributed by atoms with Crippen LogP contribution in [0, 0.1) is 0 Å². The summed E-state index contributed by atoms with van der Waals surface area (Å²) in [5.74, 6) is 0. The summed E-state index contributed by atoms with van der Waals surface area (Å²) in [6.45, 7) is 0. The maximum atomic E-state index is 6.85. The maximum Gasteiger partial charge on any atom is 0.143 e. The number of benzene rings is 9. The van der Waals surface area contributed by atoms with Crippen molar-refractivity contribution in [2.45, 2.75) is 0 Å². The van der Waals surface area contributed by atoms with E-state index in [1.165, 1.54) is 55.6 Å². The van der Waals surface area contributed by atoms with Crippen molar-refractivity contribution < 1.29 is 4.42 Å². The lowest BCUT2D eigenvalue weighted by Crippen LogP contribution is -1.86. The van der Waals surface area contributed by atoms with Crippen LogP contribution >= 0.6 is 0 Å². The summed E-state index contributed by atoms with van der Waals surface area (Å²) >= 11 is 0. The van der Waals surface area contributed by atoms with Crippen LogP contribution in [0.2, 0.25) is 0 Å². The summed E-state index contributed by atoms with van der Waals surface area (Å²) in [6.07, 6.45) is 0. The molecule has 0 saturated carbocycles. The molecule has 9 aromatic carbocycles. The minimum absolute atomic E-state index is 0.907. The van der Waals surface area contributed by atoms with E-state index in [0.717, 1.165) is 44.2 Å². The van der Waals surface area contributed by atoms with Gasteiger partial charge >= 0.3 is 0 Å². The van der Waals surface area contributed by atoms with Crippen LogP contribution in [0.3, 0.4) is 0 Å². The number of para-hydroxylation sites is 2. The molecule has 0 aliphatic rings. The van der Waals surface area contributed by atoms with Crippen molar-refractivity contribution in [2.24, 2.45) is 0 Å². The Morgan fingerprint density at radius 2 is 0.491 bits per heavy atom. The molecule has 0 aliphatic heterocycles. The van der Waals surface area contributed by atoms with Crippen LogP contribution in [0.4, 0.5) is 0 Å². The average molecular weight is 701 g/mol. The second-order valence-electron chi connectivity index (χ2n) is 14.1. The molecule has 0 bridgehead atoms. The van der Waals surface area contributed by atoms with Crippen LogP contribution in [-0.2, 0) is 0 Å². The van der Waals surface area contributed by atoms with E-state index in [1.54, 1.807) is 0 Å². The quantitative estimate of drug-likeness (QED) is 0.161. The molecule has 0 radical (unpaired) electrons. The van der Waals surface area contributed by atoms with E-state index in [0.29, 0.717) is 0 Å². The van der Waals surface area contributed by atoms with Gasteiger partial charge in [-0.05, 0) is 91.0 Å². The minimum atomic E-state index is 0.907. The van der Waals surface area contributed by atoms with Crippen molar-refractivity contribution in [1.29, 1.82) is 0 Å². The molecule has 1 heterocycles. The lowest BCUT2D eigenvalue weighted by Gasteiger charge is -2.12. The summed E-state index contributed by atoms with van der Waals surface area (Å²) in [5, 5.41) is 2.24. The highest BCUT2D eigenvalue weighted by molar-refractivity contribution is 6.13. The molecular formula is C54H36O. The van der Waals surface area contributed by atoms with Gasteiger partial charge in [-0.2, -0.15) is 0 Å². The molecule has 0 spiro atoms. The van der Waals surface area contributed by atoms with Crippen molar-refractivity contribution in [3.05, 3.63) is 218 Å². The Bertz CT molecular complexity index is 2860. The van der Waals surface area contributed by atoms with Gasteiger partial charge in [0.1, 0.15) is 11.2 Å². The first kappa shape index (κ1) is 32.4. The van der Waals surface area contributed by atoms with Crippen molar-refractivity contribution in [2.75, 3.05) is 0 Å². The van der Waals surface area contributed by atoms with Gasteiger partial charge in [0.15, 0.2) is 0 Å².